The van der Waals surface area contributed by atoms with Gasteiger partial charge in [-0.25, -0.2) is 0 Å². The smallest absolute Gasteiger partial charge is 0.233 e. The minimum Gasteiger partial charge on any atom is -0.474 e. The zero-order valence-electron chi connectivity index (χ0n) is 10.3. The van der Waals surface area contributed by atoms with Gasteiger partial charge in [0.2, 0.25) is 5.88 Å². The van der Waals surface area contributed by atoms with Crippen LogP contribution in [-0.2, 0) is 11.8 Å². The Hall–Kier alpha value is -1.07. The predicted octanol–water partition coefficient (Wildman–Crippen LogP) is 0.893. The van der Waals surface area contributed by atoms with E-state index in [0.29, 0.717) is 5.88 Å². The molecule has 92 valence electrons. The van der Waals surface area contributed by atoms with Crippen molar-refractivity contribution in [2.45, 2.75) is 33.0 Å². The van der Waals surface area contributed by atoms with E-state index in [4.69, 9.17) is 9.47 Å². The van der Waals surface area contributed by atoms with Crippen LogP contribution in [0, 0.1) is 6.92 Å². The molecule has 0 amide bonds. The van der Waals surface area contributed by atoms with Crippen molar-refractivity contribution in [3.05, 3.63) is 11.8 Å². The highest BCUT2D eigenvalue weighted by atomic mass is 16.5. The van der Waals surface area contributed by atoms with Gasteiger partial charge in [-0.1, -0.05) is 0 Å². The lowest BCUT2D eigenvalue weighted by atomic mass is 10.4. The summed E-state index contributed by atoms with van der Waals surface area (Å²) in [5, 5.41) is 13.7. The van der Waals surface area contributed by atoms with Crippen molar-refractivity contribution in [2.75, 3.05) is 13.2 Å². The van der Waals surface area contributed by atoms with Gasteiger partial charge in [0.1, 0.15) is 12.7 Å². The summed E-state index contributed by atoms with van der Waals surface area (Å²) in [7, 11) is 1.85. The Labute approximate surface area is 96.0 Å². The second-order valence-electron chi connectivity index (χ2n) is 4.09. The molecule has 0 spiro atoms. The SMILES string of the molecule is Cc1cc(OC[C@@H](O)COC(C)C)nn1C. The van der Waals surface area contributed by atoms with Gasteiger partial charge in [0.05, 0.1) is 12.7 Å². The van der Waals surface area contributed by atoms with Gasteiger partial charge in [0.25, 0.3) is 0 Å². The first kappa shape index (κ1) is 13.0. The first-order valence-electron chi connectivity index (χ1n) is 5.42. The number of ether oxygens (including phenoxy) is 2. The van der Waals surface area contributed by atoms with Crippen LogP contribution in [-0.4, -0.2) is 40.3 Å². The number of aliphatic hydroxyl groups is 1. The second kappa shape index (κ2) is 5.86. The third-order valence-electron chi connectivity index (χ3n) is 2.14. The van der Waals surface area contributed by atoms with Gasteiger partial charge >= 0.3 is 0 Å². The summed E-state index contributed by atoms with van der Waals surface area (Å²) in [6.07, 6.45) is -0.503. The molecule has 5 heteroatoms. The highest BCUT2D eigenvalue weighted by Crippen LogP contribution is 2.09. The third-order valence-corrected chi connectivity index (χ3v) is 2.14. The fourth-order valence-corrected chi connectivity index (χ4v) is 1.13. The lowest BCUT2D eigenvalue weighted by molar-refractivity contribution is -0.0129. The van der Waals surface area contributed by atoms with Gasteiger partial charge in [-0.2, -0.15) is 0 Å². The van der Waals surface area contributed by atoms with Crippen LogP contribution in [0.4, 0.5) is 0 Å². The van der Waals surface area contributed by atoms with Crippen LogP contribution in [0.5, 0.6) is 5.88 Å². The summed E-state index contributed by atoms with van der Waals surface area (Å²) in [6.45, 7) is 6.27. The molecule has 1 rings (SSSR count). The third kappa shape index (κ3) is 4.20. The van der Waals surface area contributed by atoms with Crippen molar-refractivity contribution >= 4 is 0 Å². The Morgan fingerprint density at radius 2 is 2.12 bits per heavy atom. The summed E-state index contributed by atoms with van der Waals surface area (Å²) in [6, 6.07) is 1.83. The molecule has 16 heavy (non-hydrogen) atoms. The molecule has 1 aromatic heterocycles. The van der Waals surface area contributed by atoms with E-state index < -0.39 is 6.10 Å². The van der Waals surface area contributed by atoms with Gasteiger partial charge in [-0.15, -0.1) is 5.10 Å². The summed E-state index contributed by atoms with van der Waals surface area (Å²) < 4.78 is 12.3. The molecule has 0 saturated carbocycles. The first-order valence-corrected chi connectivity index (χ1v) is 5.42. The minimum atomic E-state index is -0.621. The Bertz CT molecular complexity index is 304. The van der Waals surface area contributed by atoms with E-state index in [9.17, 15) is 5.11 Å². The molecule has 0 fully saturated rings. The maximum absolute atomic E-state index is 9.55. The standard InChI is InChI=1S/C11H20N2O3/c1-8(2)15-6-10(14)7-16-11-5-9(3)13(4)12-11/h5,8,10,14H,6-7H2,1-4H3/t10-/m0/s1. The van der Waals surface area contributed by atoms with Gasteiger partial charge in [-0.05, 0) is 20.8 Å². The molecule has 1 heterocycles. The van der Waals surface area contributed by atoms with Crippen molar-refractivity contribution in [3.8, 4) is 5.88 Å². The molecule has 0 aliphatic rings. The fraction of sp³-hybridized carbons (Fsp3) is 0.727. The Morgan fingerprint density at radius 3 is 2.62 bits per heavy atom. The number of rotatable bonds is 6. The number of aryl methyl sites for hydroxylation is 2. The molecule has 0 aliphatic heterocycles. The normalized spacial score (nSPS) is 13.1. The second-order valence-corrected chi connectivity index (χ2v) is 4.09. The molecule has 1 N–H and O–H groups in total. The molecular weight excluding hydrogens is 208 g/mol. The fourth-order valence-electron chi connectivity index (χ4n) is 1.13. The molecule has 0 aromatic carbocycles. The number of hydrogen-bond acceptors (Lipinski definition) is 4. The molecule has 5 nitrogen and oxygen atoms in total. The van der Waals surface area contributed by atoms with Crippen molar-refractivity contribution in [1.82, 2.24) is 9.78 Å². The minimum absolute atomic E-state index is 0.117. The van der Waals surface area contributed by atoms with E-state index in [1.54, 1.807) is 4.68 Å². The molecule has 0 saturated heterocycles. The molecular formula is C11H20N2O3. The summed E-state index contributed by atoms with van der Waals surface area (Å²) in [5.74, 6) is 0.531. The number of aromatic nitrogens is 2. The number of aliphatic hydroxyl groups excluding tert-OH is 1. The first-order chi connectivity index (χ1) is 7.49. The predicted molar refractivity (Wildman–Crippen MR) is 60.5 cm³/mol. The van der Waals surface area contributed by atoms with Crippen LogP contribution in [0.15, 0.2) is 6.07 Å². The van der Waals surface area contributed by atoms with Crippen LogP contribution in [0.1, 0.15) is 19.5 Å². The number of nitrogens with zero attached hydrogens (tertiary/aromatic N) is 2. The van der Waals surface area contributed by atoms with Crippen LogP contribution < -0.4 is 4.74 Å². The van der Waals surface area contributed by atoms with E-state index in [1.807, 2.05) is 33.9 Å². The van der Waals surface area contributed by atoms with Gasteiger partial charge in [0, 0.05) is 18.8 Å². The van der Waals surface area contributed by atoms with Gasteiger partial charge in [0.15, 0.2) is 0 Å². The summed E-state index contributed by atoms with van der Waals surface area (Å²) in [4.78, 5) is 0. The maximum atomic E-state index is 9.55. The zero-order valence-corrected chi connectivity index (χ0v) is 10.3. The largest absolute Gasteiger partial charge is 0.474 e. The average Bonchev–Trinajstić information content (AvgIpc) is 2.52. The number of hydrogen-bond donors (Lipinski definition) is 1. The van der Waals surface area contributed by atoms with E-state index in [0.717, 1.165) is 5.69 Å². The molecule has 1 aromatic rings. The molecule has 0 aliphatic carbocycles. The highest BCUT2D eigenvalue weighted by Gasteiger charge is 2.08. The quantitative estimate of drug-likeness (QED) is 0.785. The van der Waals surface area contributed by atoms with E-state index >= 15 is 0 Å². The lowest BCUT2D eigenvalue weighted by Crippen LogP contribution is -2.25. The summed E-state index contributed by atoms with van der Waals surface area (Å²) >= 11 is 0. The zero-order chi connectivity index (χ0) is 12.1. The van der Waals surface area contributed by atoms with E-state index in [2.05, 4.69) is 5.10 Å². The van der Waals surface area contributed by atoms with E-state index in [-0.39, 0.29) is 19.3 Å². The monoisotopic (exact) mass is 228 g/mol. The van der Waals surface area contributed by atoms with Crippen molar-refractivity contribution in [1.29, 1.82) is 0 Å². The van der Waals surface area contributed by atoms with Crippen molar-refractivity contribution in [3.63, 3.8) is 0 Å². The molecule has 0 unspecified atom stereocenters. The topological polar surface area (TPSA) is 56.5 Å². The maximum Gasteiger partial charge on any atom is 0.233 e. The average molecular weight is 228 g/mol. The molecule has 0 bridgehead atoms. The van der Waals surface area contributed by atoms with Crippen LogP contribution in [0.3, 0.4) is 0 Å². The Morgan fingerprint density at radius 1 is 1.44 bits per heavy atom. The lowest BCUT2D eigenvalue weighted by Gasteiger charge is -2.13. The summed E-state index contributed by atoms with van der Waals surface area (Å²) in [5.41, 5.74) is 1.02. The van der Waals surface area contributed by atoms with Gasteiger partial charge < -0.3 is 14.6 Å². The van der Waals surface area contributed by atoms with Crippen LogP contribution in [0.25, 0.3) is 0 Å². The highest BCUT2D eigenvalue weighted by molar-refractivity contribution is 5.13. The van der Waals surface area contributed by atoms with E-state index in [1.165, 1.54) is 0 Å². The Kier molecular flexibility index (Phi) is 4.76. The molecule has 1 atom stereocenters. The van der Waals surface area contributed by atoms with Crippen molar-refractivity contribution in [2.24, 2.45) is 7.05 Å². The van der Waals surface area contributed by atoms with Gasteiger partial charge in [-0.3, -0.25) is 4.68 Å². The molecule has 0 radical (unpaired) electrons. The van der Waals surface area contributed by atoms with Crippen LogP contribution >= 0.6 is 0 Å². The van der Waals surface area contributed by atoms with Crippen molar-refractivity contribution < 1.29 is 14.6 Å². The Balaban J connectivity index is 2.28. The van der Waals surface area contributed by atoms with Crippen LogP contribution in [0.2, 0.25) is 0 Å².